The lowest BCUT2D eigenvalue weighted by Gasteiger charge is -2.31. The number of nitrogens with zero attached hydrogens (tertiary/aromatic N) is 1. The fraction of sp³-hybridized carbons (Fsp3) is 0.476. The summed E-state index contributed by atoms with van der Waals surface area (Å²) in [5.74, 6) is 0.0876. The molecule has 4 rings (SSSR count). The van der Waals surface area contributed by atoms with Gasteiger partial charge in [0.05, 0.1) is 24.0 Å². The van der Waals surface area contributed by atoms with E-state index in [1.807, 2.05) is 26.8 Å². The lowest BCUT2D eigenvalue weighted by molar-refractivity contribution is 0.101. The van der Waals surface area contributed by atoms with Gasteiger partial charge >= 0.3 is 0 Å². The Bertz CT molecular complexity index is 942. The first-order chi connectivity index (χ1) is 13.9. The molecular formula is C21H28FN3O3S. The molecule has 1 aliphatic carbocycles. The molecule has 0 spiro atoms. The summed E-state index contributed by atoms with van der Waals surface area (Å²) in [5, 5.41) is 12.9. The van der Waals surface area contributed by atoms with Crippen molar-refractivity contribution in [3.8, 4) is 5.88 Å². The van der Waals surface area contributed by atoms with Crippen LogP contribution in [0.1, 0.15) is 37.8 Å². The predicted octanol–water partition coefficient (Wildman–Crippen LogP) is 4.35. The van der Waals surface area contributed by atoms with Gasteiger partial charge in [-0.15, -0.1) is 0 Å². The Balaban J connectivity index is 0.00000117. The third kappa shape index (κ3) is 4.38. The monoisotopic (exact) mass is 421 g/mol. The highest BCUT2D eigenvalue weighted by molar-refractivity contribution is 8.01. The average Bonchev–Trinajstić information content (AvgIpc) is 3.17. The number of fused-ring (bicyclic) bond motifs is 1. The molecule has 1 saturated carbocycles. The zero-order chi connectivity index (χ0) is 21.1. The Morgan fingerprint density at radius 3 is 2.62 bits per heavy atom. The van der Waals surface area contributed by atoms with Crippen LogP contribution in [0, 0.1) is 19.7 Å². The van der Waals surface area contributed by atoms with E-state index in [0.29, 0.717) is 46.9 Å². The van der Waals surface area contributed by atoms with Crippen LogP contribution in [0.5, 0.6) is 5.88 Å². The van der Waals surface area contributed by atoms with Crippen molar-refractivity contribution in [2.24, 2.45) is 0 Å². The lowest BCUT2D eigenvalue weighted by Crippen LogP contribution is -2.31. The van der Waals surface area contributed by atoms with E-state index in [0.717, 1.165) is 18.4 Å². The van der Waals surface area contributed by atoms with Gasteiger partial charge in [0.15, 0.2) is 0 Å². The van der Waals surface area contributed by atoms with Gasteiger partial charge in [-0.3, -0.25) is 9.36 Å². The fourth-order valence-corrected chi connectivity index (χ4v) is 4.41. The Morgan fingerprint density at radius 1 is 1.24 bits per heavy atom. The van der Waals surface area contributed by atoms with E-state index in [1.165, 1.54) is 18.0 Å². The number of aliphatic hydroxyl groups excluding tert-OH is 1. The minimum Gasteiger partial charge on any atom is -0.475 e. The van der Waals surface area contributed by atoms with Crippen LogP contribution in [-0.4, -0.2) is 27.6 Å². The van der Waals surface area contributed by atoms with Crippen molar-refractivity contribution in [2.45, 2.75) is 58.4 Å². The number of pyridine rings is 1. The zero-order valence-electron chi connectivity index (χ0n) is 17.2. The third-order valence-electron chi connectivity index (χ3n) is 4.99. The summed E-state index contributed by atoms with van der Waals surface area (Å²) in [6.45, 7) is 8.48. The Kier molecular flexibility index (Phi) is 6.74. The summed E-state index contributed by atoms with van der Waals surface area (Å²) in [5.41, 5.74) is 2.63. The van der Waals surface area contributed by atoms with Gasteiger partial charge in [0.2, 0.25) is 5.88 Å². The smallest absolute Gasteiger partial charge is 0.258 e. The summed E-state index contributed by atoms with van der Waals surface area (Å²) in [4.78, 5) is 12.7. The molecule has 1 fully saturated rings. The van der Waals surface area contributed by atoms with Crippen molar-refractivity contribution in [3.63, 3.8) is 0 Å². The van der Waals surface area contributed by atoms with Crippen molar-refractivity contribution in [1.82, 2.24) is 4.57 Å². The van der Waals surface area contributed by atoms with E-state index in [1.54, 1.807) is 17.6 Å². The third-order valence-corrected chi connectivity index (χ3v) is 6.03. The summed E-state index contributed by atoms with van der Waals surface area (Å²) in [6.07, 6.45) is 1.20. The largest absolute Gasteiger partial charge is 0.475 e. The normalized spacial score (nSPS) is 19.4. The number of benzene rings is 1. The van der Waals surface area contributed by atoms with Crippen molar-refractivity contribution in [2.75, 3.05) is 16.6 Å². The van der Waals surface area contributed by atoms with Crippen LogP contribution in [0.4, 0.5) is 21.5 Å². The van der Waals surface area contributed by atoms with Gasteiger partial charge in [-0.25, -0.2) is 4.39 Å². The average molecular weight is 422 g/mol. The highest BCUT2D eigenvalue weighted by atomic mass is 32.2. The number of anilines is 3. The minimum atomic E-state index is -0.378. The van der Waals surface area contributed by atoms with E-state index in [4.69, 9.17) is 4.74 Å². The number of halogens is 1. The van der Waals surface area contributed by atoms with E-state index in [-0.39, 0.29) is 17.5 Å². The molecule has 3 N–H and O–H groups in total. The molecule has 0 radical (unpaired) electrons. The number of rotatable bonds is 5. The summed E-state index contributed by atoms with van der Waals surface area (Å²) < 4.78 is 25.0. The van der Waals surface area contributed by atoms with Crippen LogP contribution < -0.4 is 20.3 Å². The van der Waals surface area contributed by atoms with Crippen LogP contribution in [0.2, 0.25) is 0 Å². The molecule has 1 aliphatic heterocycles. The van der Waals surface area contributed by atoms with Crippen LogP contribution in [0.25, 0.3) is 0 Å². The van der Waals surface area contributed by atoms with Gasteiger partial charge in [0.25, 0.3) is 5.56 Å². The van der Waals surface area contributed by atoms with Gasteiger partial charge in [0.1, 0.15) is 18.1 Å². The molecule has 2 aromatic rings. The fourth-order valence-electron chi connectivity index (χ4n) is 3.30. The number of hydrogen-bond donors (Lipinski definition) is 3. The number of aryl methyl sites for hydroxylation is 1. The van der Waals surface area contributed by atoms with Crippen molar-refractivity contribution >= 4 is 29.0 Å². The van der Waals surface area contributed by atoms with Gasteiger partial charge in [-0.1, -0.05) is 19.9 Å². The zero-order valence-corrected chi connectivity index (χ0v) is 18.0. The molecule has 2 aliphatic rings. The van der Waals surface area contributed by atoms with E-state index < -0.39 is 0 Å². The van der Waals surface area contributed by atoms with E-state index in [2.05, 4.69) is 10.0 Å². The first-order valence-corrected chi connectivity index (χ1v) is 10.8. The van der Waals surface area contributed by atoms with Gasteiger partial charge < -0.3 is 19.9 Å². The number of hydrogen-bond acceptors (Lipinski definition) is 6. The Labute approximate surface area is 174 Å². The summed E-state index contributed by atoms with van der Waals surface area (Å²) in [7, 11) is 0. The molecule has 29 heavy (non-hydrogen) atoms. The Morgan fingerprint density at radius 2 is 1.97 bits per heavy atom. The maximum Gasteiger partial charge on any atom is 0.258 e. The molecule has 0 bridgehead atoms. The standard InChI is InChI=1S/C19H22FN3O3S.C2H6/c1-10-3-4-15(14(20)7-10)21-16-11(2)18(25)23-5-6-26-19(23)17(16)22-27-13-8-12(24)9-13;1-2/h3-4,7,12-13,21-22,24H,5-6,8-9H2,1-2H3;1-2H3. The first kappa shape index (κ1) is 21.5. The summed E-state index contributed by atoms with van der Waals surface area (Å²) in [6, 6.07) is 4.93. The quantitative estimate of drug-likeness (QED) is 0.623. The number of aromatic nitrogens is 1. The van der Waals surface area contributed by atoms with Crippen LogP contribution in [0.3, 0.4) is 0 Å². The molecule has 0 atom stereocenters. The molecule has 0 unspecified atom stereocenters. The highest BCUT2D eigenvalue weighted by Crippen LogP contribution is 2.41. The Hall–Kier alpha value is -2.19. The SMILES string of the molecule is CC.Cc1ccc(Nc2c(NSC3CC(O)C3)c3n(c(=O)c2C)CCO3)c(F)c1. The molecular weight excluding hydrogens is 393 g/mol. The second-order valence-electron chi connectivity index (χ2n) is 7.06. The second kappa shape index (κ2) is 9.09. The lowest BCUT2D eigenvalue weighted by atomic mass is 9.96. The molecule has 1 aromatic carbocycles. The van der Waals surface area contributed by atoms with E-state index >= 15 is 0 Å². The van der Waals surface area contributed by atoms with Gasteiger partial charge in [-0.2, -0.15) is 0 Å². The van der Waals surface area contributed by atoms with Gasteiger partial charge in [0, 0.05) is 10.8 Å². The van der Waals surface area contributed by atoms with Crippen molar-refractivity contribution in [3.05, 3.63) is 45.5 Å². The number of ether oxygens (including phenoxy) is 1. The maximum atomic E-state index is 14.4. The van der Waals surface area contributed by atoms with Crippen LogP contribution in [0.15, 0.2) is 23.0 Å². The highest BCUT2D eigenvalue weighted by Gasteiger charge is 2.30. The van der Waals surface area contributed by atoms with Crippen LogP contribution in [-0.2, 0) is 6.54 Å². The van der Waals surface area contributed by atoms with Gasteiger partial charge in [-0.05, 0) is 56.3 Å². The second-order valence-corrected chi connectivity index (χ2v) is 8.17. The molecule has 6 nitrogen and oxygen atoms in total. The topological polar surface area (TPSA) is 75.5 Å². The minimum absolute atomic E-state index is 0.146. The van der Waals surface area contributed by atoms with Crippen molar-refractivity contribution in [1.29, 1.82) is 0 Å². The van der Waals surface area contributed by atoms with Crippen molar-refractivity contribution < 1.29 is 14.2 Å². The molecule has 2 heterocycles. The number of nitrogens with one attached hydrogen (secondary N) is 2. The number of aliphatic hydroxyl groups is 1. The molecule has 158 valence electrons. The molecule has 0 amide bonds. The molecule has 0 saturated heterocycles. The predicted molar refractivity (Wildman–Crippen MR) is 117 cm³/mol. The summed E-state index contributed by atoms with van der Waals surface area (Å²) >= 11 is 1.49. The maximum absolute atomic E-state index is 14.4. The molecule has 8 heteroatoms. The van der Waals surface area contributed by atoms with Crippen LogP contribution >= 0.6 is 11.9 Å². The van der Waals surface area contributed by atoms with E-state index in [9.17, 15) is 14.3 Å². The first-order valence-electron chi connectivity index (χ1n) is 9.97. The molecule has 1 aromatic heterocycles.